The number of hydrogen-bond acceptors (Lipinski definition) is 2. The lowest BCUT2D eigenvalue weighted by Gasteiger charge is -2.23. The molecular weight excluding hydrogens is 306 g/mol. The number of hydrogen-bond donors (Lipinski definition) is 0. The maximum Gasteiger partial charge on any atom is 0.0529 e. The average molecular weight is 331 g/mol. The summed E-state index contributed by atoms with van der Waals surface area (Å²) in [4.78, 5) is 6.72. The van der Waals surface area contributed by atoms with Gasteiger partial charge in [0.25, 0.3) is 0 Å². The summed E-state index contributed by atoms with van der Waals surface area (Å²) in [6, 6.07) is 8.89. The molecule has 0 bridgehead atoms. The van der Waals surface area contributed by atoms with Gasteiger partial charge in [-0.25, -0.2) is 0 Å². The molecule has 0 amide bonds. The lowest BCUT2D eigenvalue weighted by molar-refractivity contribution is 0.312. The summed E-state index contributed by atoms with van der Waals surface area (Å²) in [5, 5.41) is 1.40. The highest BCUT2D eigenvalue weighted by molar-refractivity contribution is 5.90. The van der Waals surface area contributed by atoms with Crippen molar-refractivity contribution >= 4 is 22.7 Å². The minimum absolute atomic E-state index is 1.03. The Kier molecular flexibility index (Phi) is 3.97. The Labute approximate surface area is 149 Å². The summed E-state index contributed by atoms with van der Waals surface area (Å²) in [7, 11) is 2.21. The molecule has 0 atom stereocenters. The first kappa shape index (κ1) is 16.1. The van der Waals surface area contributed by atoms with Gasteiger partial charge in [0.05, 0.1) is 5.52 Å². The van der Waals surface area contributed by atoms with Crippen molar-refractivity contribution < 1.29 is 0 Å². The highest BCUT2D eigenvalue weighted by Gasteiger charge is 2.21. The van der Waals surface area contributed by atoms with Crippen molar-refractivity contribution in [1.29, 1.82) is 0 Å². The fourth-order valence-electron chi connectivity index (χ4n) is 3.93. The molecule has 0 aliphatic carbocycles. The van der Waals surface area contributed by atoms with Gasteiger partial charge in [-0.15, -0.1) is 0 Å². The molecule has 1 aromatic carbocycles. The maximum atomic E-state index is 4.31. The van der Waals surface area contributed by atoms with E-state index in [2.05, 4.69) is 72.7 Å². The lowest BCUT2D eigenvalue weighted by atomic mass is 10.0. The molecule has 0 spiro atoms. The quantitative estimate of drug-likeness (QED) is 0.681. The Morgan fingerprint density at radius 2 is 2.04 bits per heavy atom. The minimum atomic E-state index is 1.03. The van der Waals surface area contributed by atoms with Crippen molar-refractivity contribution in [2.75, 3.05) is 13.6 Å². The van der Waals surface area contributed by atoms with Crippen LogP contribution in [0, 0.1) is 13.8 Å². The molecule has 0 unspecified atom stereocenters. The number of fused-ring (bicyclic) bond motifs is 3. The van der Waals surface area contributed by atoms with Gasteiger partial charge in [0.2, 0.25) is 0 Å². The topological polar surface area (TPSA) is 21.1 Å². The molecule has 3 heterocycles. The summed E-state index contributed by atoms with van der Waals surface area (Å²) >= 11 is 0. The Bertz CT molecular complexity index is 978. The van der Waals surface area contributed by atoms with Crippen LogP contribution in [0.25, 0.3) is 22.7 Å². The number of aryl methyl sites for hydroxylation is 2. The van der Waals surface area contributed by atoms with Crippen LogP contribution in [0.2, 0.25) is 0 Å². The van der Waals surface area contributed by atoms with E-state index in [0.717, 1.165) is 19.5 Å². The zero-order valence-corrected chi connectivity index (χ0v) is 15.5. The number of nitrogens with zero attached hydrogens (tertiary/aromatic N) is 3. The van der Waals surface area contributed by atoms with Crippen LogP contribution in [-0.2, 0) is 13.0 Å². The highest BCUT2D eigenvalue weighted by atomic mass is 15.1. The van der Waals surface area contributed by atoms with E-state index >= 15 is 0 Å². The predicted molar refractivity (Wildman–Crippen MR) is 106 cm³/mol. The first-order valence-corrected chi connectivity index (χ1v) is 8.95. The normalized spacial score (nSPS) is 15.6. The van der Waals surface area contributed by atoms with Gasteiger partial charge in [-0.3, -0.25) is 4.98 Å². The second kappa shape index (κ2) is 6.16. The smallest absolute Gasteiger partial charge is 0.0529 e. The second-order valence-electron chi connectivity index (χ2n) is 7.31. The van der Waals surface area contributed by atoms with Gasteiger partial charge in [-0.05, 0) is 62.7 Å². The molecule has 3 heteroatoms. The Morgan fingerprint density at radius 1 is 1.20 bits per heavy atom. The van der Waals surface area contributed by atoms with Crippen molar-refractivity contribution in [3.8, 4) is 0 Å². The highest BCUT2D eigenvalue weighted by Crippen LogP contribution is 2.32. The molecule has 0 N–H and O–H groups in total. The average Bonchev–Trinajstić information content (AvgIpc) is 2.88. The van der Waals surface area contributed by atoms with E-state index in [9.17, 15) is 0 Å². The first-order chi connectivity index (χ1) is 12.0. The summed E-state index contributed by atoms with van der Waals surface area (Å²) in [5.74, 6) is 0. The van der Waals surface area contributed by atoms with Gasteiger partial charge in [-0.2, -0.15) is 0 Å². The number of likely N-dealkylation sites (N-methyl/N-ethyl adjacent to an activating group) is 1. The summed E-state index contributed by atoms with van der Waals surface area (Å²) in [6.07, 6.45) is 7.22. The van der Waals surface area contributed by atoms with Crippen LogP contribution >= 0.6 is 0 Å². The van der Waals surface area contributed by atoms with Gasteiger partial charge in [0.1, 0.15) is 0 Å². The number of aromatic nitrogens is 2. The molecule has 1 aliphatic rings. The molecule has 0 radical (unpaired) electrons. The van der Waals surface area contributed by atoms with Crippen LogP contribution in [0.5, 0.6) is 0 Å². The van der Waals surface area contributed by atoms with Crippen molar-refractivity contribution in [1.82, 2.24) is 14.5 Å². The molecular formula is C22H25N3. The van der Waals surface area contributed by atoms with Gasteiger partial charge >= 0.3 is 0 Å². The van der Waals surface area contributed by atoms with Crippen LogP contribution in [0.4, 0.5) is 0 Å². The standard InChI is InChI=1S/C22H25N3/c1-15-5-6-21-18(11-15)20-14-24(4)10-8-22(20)25(21)13-17(3)19-12-23-9-7-16(19)2/h5-7,9,11-13H,8,10,14H2,1-4H3/b17-13+. The van der Waals surface area contributed by atoms with Crippen LogP contribution in [0.3, 0.4) is 0 Å². The third-order valence-electron chi connectivity index (χ3n) is 5.32. The molecule has 1 aliphatic heterocycles. The van der Waals surface area contributed by atoms with Crippen LogP contribution in [-0.4, -0.2) is 28.0 Å². The SMILES string of the molecule is C/C(=C\n1c2c(c3cc(C)ccc31)CN(C)CC2)c1cnccc1C. The van der Waals surface area contributed by atoms with E-state index in [1.807, 2.05) is 12.4 Å². The minimum Gasteiger partial charge on any atom is -0.320 e. The van der Waals surface area contributed by atoms with E-state index in [4.69, 9.17) is 0 Å². The van der Waals surface area contributed by atoms with Crippen molar-refractivity contribution in [2.24, 2.45) is 0 Å². The molecule has 0 saturated carbocycles. The Morgan fingerprint density at radius 3 is 2.84 bits per heavy atom. The van der Waals surface area contributed by atoms with Gasteiger partial charge in [0, 0.05) is 54.7 Å². The van der Waals surface area contributed by atoms with E-state index in [0.29, 0.717) is 0 Å². The third-order valence-corrected chi connectivity index (χ3v) is 5.32. The fourth-order valence-corrected chi connectivity index (χ4v) is 3.93. The Hall–Kier alpha value is -2.39. The number of benzene rings is 1. The number of allylic oxidation sites excluding steroid dienone is 1. The maximum absolute atomic E-state index is 4.31. The molecule has 2 aromatic heterocycles. The zero-order valence-electron chi connectivity index (χ0n) is 15.5. The molecule has 0 saturated heterocycles. The van der Waals surface area contributed by atoms with Crippen molar-refractivity contribution in [3.05, 3.63) is 64.6 Å². The van der Waals surface area contributed by atoms with Crippen LogP contribution in [0.1, 0.15) is 34.9 Å². The number of rotatable bonds is 2. The lowest BCUT2D eigenvalue weighted by Crippen LogP contribution is -2.26. The van der Waals surface area contributed by atoms with E-state index in [1.165, 1.54) is 44.4 Å². The van der Waals surface area contributed by atoms with E-state index in [-0.39, 0.29) is 0 Å². The van der Waals surface area contributed by atoms with Crippen LogP contribution < -0.4 is 0 Å². The van der Waals surface area contributed by atoms with Gasteiger partial charge in [0.15, 0.2) is 0 Å². The molecule has 25 heavy (non-hydrogen) atoms. The largest absolute Gasteiger partial charge is 0.320 e. The summed E-state index contributed by atoms with van der Waals surface area (Å²) < 4.78 is 2.42. The van der Waals surface area contributed by atoms with Gasteiger partial charge in [-0.1, -0.05) is 11.6 Å². The van der Waals surface area contributed by atoms with E-state index in [1.54, 1.807) is 0 Å². The molecule has 3 aromatic rings. The monoisotopic (exact) mass is 331 g/mol. The van der Waals surface area contributed by atoms with E-state index < -0.39 is 0 Å². The second-order valence-corrected chi connectivity index (χ2v) is 7.31. The first-order valence-electron chi connectivity index (χ1n) is 8.95. The van der Waals surface area contributed by atoms with Crippen molar-refractivity contribution in [3.63, 3.8) is 0 Å². The zero-order chi connectivity index (χ0) is 17.6. The molecule has 0 fully saturated rings. The predicted octanol–water partition coefficient (Wildman–Crippen LogP) is 4.66. The van der Waals surface area contributed by atoms with Crippen molar-refractivity contribution in [2.45, 2.75) is 33.7 Å². The molecule has 128 valence electrons. The number of pyridine rings is 1. The molecule has 4 rings (SSSR count). The van der Waals surface area contributed by atoms with Gasteiger partial charge < -0.3 is 9.47 Å². The van der Waals surface area contributed by atoms with Crippen LogP contribution in [0.15, 0.2) is 36.7 Å². The Balaban J connectivity index is 1.93. The fraction of sp³-hybridized carbons (Fsp3) is 0.318. The summed E-state index contributed by atoms with van der Waals surface area (Å²) in [6.45, 7) is 8.65. The molecule has 3 nitrogen and oxygen atoms in total. The third kappa shape index (κ3) is 2.79. The summed E-state index contributed by atoms with van der Waals surface area (Å²) in [5.41, 5.74) is 9.32.